The first-order valence-electron chi connectivity index (χ1n) is 11.6. The zero-order chi connectivity index (χ0) is 26.9. The summed E-state index contributed by atoms with van der Waals surface area (Å²) in [6, 6.07) is 7.52. The topological polar surface area (TPSA) is 161 Å². The second-order valence-electron chi connectivity index (χ2n) is 8.68. The minimum absolute atomic E-state index is 0.0220. The van der Waals surface area contributed by atoms with E-state index in [1.54, 1.807) is 6.07 Å². The van der Waals surface area contributed by atoms with Crippen molar-refractivity contribution in [3.63, 3.8) is 0 Å². The third-order valence-electron chi connectivity index (χ3n) is 6.01. The number of anilines is 2. The quantitative estimate of drug-likeness (QED) is 0.458. The SMILES string of the molecule is O=C(Nc1ccc(-c2nc3c(c(N4CCOCC4)n2)CS(=O)(=O)CC3)cn1)NS(=O)(=O)c1ccc(Cl)cc1. The van der Waals surface area contributed by atoms with Crippen LogP contribution in [0.3, 0.4) is 0 Å². The lowest BCUT2D eigenvalue weighted by atomic mass is 10.1. The van der Waals surface area contributed by atoms with E-state index in [0.29, 0.717) is 66.2 Å². The second kappa shape index (κ2) is 10.4. The maximum atomic E-state index is 12.4. The van der Waals surface area contributed by atoms with Gasteiger partial charge in [-0.25, -0.2) is 41.3 Å². The fourth-order valence-electron chi connectivity index (χ4n) is 4.12. The molecule has 1 fully saturated rings. The van der Waals surface area contributed by atoms with Crippen LogP contribution in [0.25, 0.3) is 11.4 Å². The highest BCUT2D eigenvalue weighted by atomic mass is 35.5. The van der Waals surface area contributed by atoms with E-state index in [9.17, 15) is 21.6 Å². The van der Waals surface area contributed by atoms with Crippen molar-refractivity contribution in [2.75, 3.05) is 42.3 Å². The first-order chi connectivity index (χ1) is 18.1. The summed E-state index contributed by atoms with van der Waals surface area (Å²) in [4.78, 5) is 27.7. The number of carbonyl (C=O) groups is 1. The molecule has 0 atom stereocenters. The van der Waals surface area contributed by atoms with E-state index in [1.807, 2.05) is 9.62 Å². The summed E-state index contributed by atoms with van der Waals surface area (Å²) in [5, 5.41) is 2.75. The number of carbonyl (C=O) groups excluding carboxylic acids is 1. The number of amides is 2. The highest BCUT2D eigenvalue weighted by Crippen LogP contribution is 2.31. The smallest absolute Gasteiger partial charge is 0.334 e. The van der Waals surface area contributed by atoms with Gasteiger partial charge in [0.25, 0.3) is 10.0 Å². The molecule has 3 aromatic rings. The van der Waals surface area contributed by atoms with E-state index in [1.165, 1.54) is 36.5 Å². The summed E-state index contributed by atoms with van der Waals surface area (Å²) < 4.78 is 56.8. The minimum Gasteiger partial charge on any atom is -0.378 e. The largest absolute Gasteiger partial charge is 0.378 e. The average Bonchev–Trinajstić information content (AvgIpc) is 2.88. The van der Waals surface area contributed by atoms with Crippen molar-refractivity contribution in [2.24, 2.45) is 0 Å². The molecule has 0 radical (unpaired) electrons. The molecule has 0 saturated carbocycles. The number of sulfonamides is 1. The number of fused-ring (bicyclic) bond motifs is 1. The van der Waals surface area contributed by atoms with Crippen molar-refractivity contribution < 1.29 is 26.4 Å². The fraction of sp³-hybridized carbons (Fsp3) is 0.304. The molecule has 15 heteroatoms. The van der Waals surface area contributed by atoms with Crippen LogP contribution in [0.15, 0.2) is 47.5 Å². The van der Waals surface area contributed by atoms with Gasteiger partial charge in [0.2, 0.25) is 0 Å². The lowest BCUT2D eigenvalue weighted by molar-refractivity contribution is 0.122. The van der Waals surface area contributed by atoms with E-state index >= 15 is 0 Å². The molecule has 5 rings (SSSR count). The molecule has 0 bridgehead atoms. The lowest BCUT2D eigenvalue weighted by Gasteiger charge is -2.31. The summed E-state index contributed by atoms with van der Waals surface area (Å²) in [7, 11) is -7.33. The summed E-state index contributed by atoms with van der Waals surface area (Å²) in [6.07, 6.45) is 1.74. The van der Waals surface area contributed by atoms with Gasteiger partial charge in [0.05, 0.1) is 35.3 Å². The minimum atomic E-state index is -4.11. The lowest BCUT2D eigenvalue weighted by Crippen LogP contribution is -2.38. The number of ether oxygens (including phenoxy) is 1. The molecule has 1 saturated heterocycles. The molecule has 2 amide bonds. The highest BCUT2D eigenvalue weighted by Gasteiger charge is 2.29. The number of morpholine rings is 1. The van der Waals surface area contributed by atoms with Crippen LogP contribution < -0.4 is 14.9 Å². The number of hydrogen-bond acceptors (Lipinski definition) is 10. The number of aromatic nitrogens is 3. The van der Waals surface area contributed by atoms with Gasteiger partial charge in [-0.05, 0) is 36.4 Å². The zero-order valence-electron chi connectivity index (χ0n) is 19.9. The maximum absolute atomic E-state index is 12.4. The molecule has 200 valence electrons. The summed E-state index contributed by atoms with van der Waals surface area (Å²) >= 11 is 5.78. The van der Waals surface area contributed by atoms with Gasteiger partial charge >= 0.3 is 6.03 Å². The van der Waals surface area contributed by atoms with Crippen LogP contribution in [0.4, 0.5) is 16.4 Å². The Morgan fingerprint density at radius 3 is 2.47 bits per heavy atom. The van der Waals surface area contributed by atoms with Crippen LogP contribution >= 0.6 is 11.6 Å². The van der Waals surface area contributed by atoms with Crippen LogP contribution in [0.1, 0.15) is 11.3 Å². The first kappa shape index (κ1) is 26.3. The number of halogens is 1. The molecular weight excluding hydrogens is 556 g/mol. The Balaban J connectivity index is 1.35. The van der Waals surface area contributed by atoms with Gasteiger partial charge in [0, 0.05) is 41.9 Å². The van der Waals surface area contributed by atoms with Gasteiger partial charge in [-0.15, -0.1) is 0 Å². The van der Waals surface area contributed by atoms with Crippen molar-refractivity contribution >= 4 is 49.1 Å². The van der Waals surface area contributed by atoms with Gasteiger partial charge in [0.15, 0.2) is 15.7 Å². The third-order valence-corrected chi connectivity index (χ3v) is 9.16. The van der Waals surface area contributed by atoms with Crippen LogP contribution in [-0.2, 0) is 36.8 Å². The number of pyridine rings is 1. The number of nitrogens with zero attached hydrogens (tertiary/aromatic N) is 4. The number of aryl methyl sites for hydroxylation is 1. The van der Waals surface area contributed by atoms with Gasteiger partial charge < -0.3 is 9.64 Å². The molecule has 2 aromatic heterocycles. The predicted molar refractivity (Wildman–Crippen MR) is 140 cm³/mol. The number of benzene rings is 1. The van der Waals surface area contributed by atoms with Crippen molar-refractivity contribution in [3.8, 4) is 11.4 Å². The zero-order valence-corrected chi connectivity index (χ0v) is 22.3. The van der Waals surface area contributed by atoms with Gasteiger partial charge in [0.1, 0.15) is 11.6 Å². The highest BCUT2D eigenvalue weighted by molar-refractivity contribution is 7.90. The maximum Gasteiger partial charge on any atom is 0.334 e. The Morgan fingerprint density at radius 2 is 1.79 bits per heavy atom. The number of nitrogens with one attached hydrogen (secondary N) is 2. The van der Waals surface area contributed by atoms with Crippen molar-refractivity contribution in [1.29, 1.82) is 0 Å². The monoisotopic (exact) mass is 578 g/mol. The molecule has 0 aliphatic carbocycles. The number of rotatable bonds is 5. The van der Waals surface area contributed by atoms with E-state index < -0.39 is 25.9 Å². The van der Waals surface area contributed by atoms with Crippen molar-refractivity contribution in [1.82, 2.24) is 19.7 Å². The summed E-state index contributed by atoms with van der Waals surface area (Å²) in [5.74, 6) is 0.970. The van der Waals surface area contributed by atoms with Crippen LogP contribution in [0.2, 0.25) is 5.02 Å². The Kier molecular flexibility index (Phi) is 7.22. The third kappa shape index (κ3) is 5.88. The van der Waals surface area contributed by atoms with Crippen LogP contribution in [0.5, 0.6) is 0 Å². The molecule has 2 aliphatic rings. The molecule has 4 heterocycles. The van der Waals surface area contributed by atoms with E-state index in [-0.39, 0.29) is 22.2 Å². The molecule has 2 aliphatic heterocycles. The predicted octanol–water partition coefficient (Wildman–Crippen LogP) is 2.01. The Morgan fingerprint density at radius 1 is 1.05 bits per heavy atom. The molecule has 2 N–H and O–H groups in total. The van der Waals surface area contributed by atoms with E-state index in [2.05, 4.69) is 15.3 Å². The van der Waals surface area contributed by atoms with Gasteiger partial charge in [-0.1, -0.05) is 11.6 Å². The summed E-state index contributed by atoms with van der Waals surface area (Å²) in [5.41, 5.74) is 1.85. The van der Waals surface area contributed by atoms with Crippen molar-refractivity contribution in [3.05, 3.63) is 58.9 Å². The van der Waals surface area contributed by atoms with Gasteiger partial charge in [-0.3, -0.25) is 5.32 Å². The number of hydrogen-bond donors (Lipinski definition) is 2. The molecule has 1 aromatic carbocycles. The Bertz CT molecular complexity index is 1580. The van der Waals surface area contributed by atoms with Crippen LogP contribution in [-0.4, -0.2) is 69.9 Å². The Labute approximate surface area is 224 Å². The fourth-order valence-corrected chi connectivity index (χ4v) is 6.54. The molecule has 38 heavy (non-hydrogen) atoms. The molecule has 0 spiro atoms. The summed E-state index contributed by atoms with van der Waals surface area (Å²) in [6.45, 7) is 2.19. The average molecular weight is 579 g/mol. The normalized spacial score (nSPS) is 16.9. The van der Waals surface area contributed by atoms with Crippen LogP contribution in [0, 0.1) is 0 Å². The molecular formula is C23H23ClN6O6S2. The standard InChI is InChI=1S/C23H23ClN6O6S2/c24-16-2-4-17(5-3-16)38(34,35)29-23(31)27-20-6-1-15(13-25-20)21-26-19-7-12-37(32,33)14-18(19)22(28-21)30-8-10-36-11-9-30/h1-6,13H,7-12,14H2,(H2,25,27,29,31). The Hall–Kier alpha value is -3.33. The van der Waals surface area contributed by atoms with E-state index in [4.69, 9.17) is 21.3 Å². The van der Waals surface area contributed by atoms with Crippen molar-refractivity contribution in [2.45, 2.75) is 17.1 Å². The van der Waals surface area contributed by atoms with Gasteiger partial charge in [-0.2, -0.15) is 0 Å². The molecule has 0 unspecified atom stereocenters. The second-order valence-corrected chi connectivity index (χ2v) is 13.0. The van der Waals surface area contributed by atoms with E-state index in [0.717, 1.165) is 0 Å². The first-order valence-corrected chi connectivity index (χ1v) is 15.3. The number of urea groups is 1. The number of sulfone groups is 1. The molecule has 12 nitrogen and oxygen atoms in total.